The van der Waals surface area contributed by atoms with E-state index < -0.39 is 9.84 Å². The predicted octanol–water partition coefficient (Wildman–Crippen LogP) is 3.26. The number of carbonyl (C=O) groups is 1. The molecule has 1 amide bonds. The summed E-state index contributed by atoms with van der Waals surface area (Å²) in [4.78, 5) is 15.9. The van der Waals surface area contributed by atoms with Gasteiger partial charge in [-0.3, -0.25) is 4.79 Å². The van der Waals surface area contributed by atoms with Crippen molar-refractivity contribution in [3.63, 3.8) is 0 Å². The van der Waals surface area contributed by atoms with Crippen LogP contribution >= 0.6 is 31.9 Å². The molecule has 5 nitrogen and oxygen atoms in total. The molecule has 1 heterocycles. The molecule has 0 aliphatic rings. The highest BCUT2D eigenvalue weighted by atomic mass is 79.9. The molecule has 2 rings (SSSR count). The van der Waals surface area contributed by atoms with Gasteiger partial charge in [0.15, 0.2) is 14.9 Å². The molecule has 0 aliphatic heterocycles. The van der Waals surface area contributed by atoms with Crippen LogP contribution in [0.25, 0.3) is 0 Å². The van der Waals surface area contributed by atoms with E-state index in [4.69, 9.17) is 0 Å². The fraction of sp³-hybridized carbons (Fsp3) is 0.0769. The zero-order valence-electron chi connectivity index (χ0n) is 10.8. The van der Waals surface area contributed by atoms with Gasteiger partial charge in [0.1, 0.15) is 0 Å². The second-order valence-electron chi connectivity index (χ2n) is 4.24. The lowest BCUT2D eigenvalue weighted by Crippen LogP contribution is -2.13. The van der Waals surface area contributed by atoms with E-state index in [-0.39, 0.29) is 10.9 Å². The average Bonchev–Trinajstić information content (AvgIpc) is 2.38. The number of carbonyl (C=O) groups excluding carboxylic acids is 1. The highest BCUT2D eigenvalue weighted by Crippen LogP contribution is 2.23. The van der Waals surface area contributed by atoms with Crippen LogP contribution in [-0.2, 0) is 9.84 Å². The van der Waals surface area contributed by atoms with Gasteiger partial charge in [0.25, 0.3) is 5.91 Å². The van der Waals surface area contributed by atoms with E-state index in [1.165, 1.54) is 18.3 Å². The van der Waals surface area contributed by atoms with Crippen molar-refractivity contribution >= 4 is 53.3 Å². The number of halogens is 2. The number of sulfone groups is 1. The second-order valence-corrected chi connectivity index (χ2v) is 7.97. The summed E-state index contributed by atoms with van der Waals surface area (Å²) in [5.74, 6) is -0.316. The van der Waals surface area contributed by atoms with Gasteiger partial charge >= 0.3 is 0 Å². The standard InChI is InChI=1S/C13H10Br2N2O3S/c1-21(19,20)12-5-3-9(7-16-12)17-13(18)10-4-2-8(14)6-11(10)15/h2-7H,1H3,(H,17,18). The van der Waals surface area contributed by atoms with Gasteiger partial charge in [-0.1, -0.05) is 15.9 Å². The van der Waals surface area contributed by atoms with Gasteiger partial charge in [-0.15, -0.1) is 0 Å². The zero-order chi connectivity index (χ0) is 15.6. The molecule has 2 aromatic rings. The molecule has 0 bridgehead atoms. The summed E-state index contributed by atoms with van der Waals surface area (Å²) in [5, 5.41) is 2.62. The van der Waals surface area contributed by atoms with E-state index in [0.29, 0.717) is 15.7 Å². The number of hydrogen-bond acceptors (Lipinski definition) is 4. The number of rotatable bonds is 3. The summed E-state index contributed by atoms with van der Waals surface area (Å²) in [6.07, 6.45) is 2.38. The normalized spacial score (nSPS) is 11.2. The molecule has 0 radical (unpaired) electrons. The molecular weight excluding hydrogens is 424 g/mol. The van der Waals surface area contributed by atoms with Crippen LogP contribution in [0.5, 0.6) is 0 Å². The lowest BCUT2D eigenvalue weighted by molar-refractivity contribution is 0.102. The molecule has 0 saturated carbocycles. The first-order chi connectivity index (χ1) is 9.77. The SMILES string of the molecule is CS(=O)(=O)c1ccc(NC(=O)c2ccc(Br)cc2Br)cn1. The summed E-state index contributed by atoms with van der Waals surface area (Å²) in [7, 11) is -3.35. The van der Waals surface area contributed by atoms with E-state index in [2.05, 4.69) is 42.2 Å². The Hall–Kier alpha value is -1.25. The van der Waals surface area contributed by atoms with Gasteiger partial charge in [0, 0.05) is 15.2 Å². The Balaban J connectivity index is 2.20. The first-order valence-corrected chi connectivity index (χ1v) is 9.17. The van der Waals surface area contributed by atoms with Crippen LogP contribution in [0.3, 0.4) is 0 Å². The van der Waals surface area contributed by atoms with E-state index in [1.807, 2.05) is 0 Å². The van der Waals surface area contributed by atoms with Crippen LogP contribution < -0.4 is 5.32 Å². The maximum absolute atomic E-state index is 12.1. The number of aromatic nitrogens is 1. The maximum Gasteiger partial charge on any atom is 0.256 e. The average molecular weight is 434 g/mol. The fourth-order valence-corrected chi connectivity index (χ4v) is 3.33. The van der Waals surface area contributed by atoms with Crippen molar-refractivity contribution in [2.24, 2.45) is 0 Å². The molecule has 8 heteroatoms. The van der Waals surface area contributed by atoms with Gasteiger partial charge < -0.3 is 5.32 Å². The maximum atomic E-state index is 12.1. The molecule has 1 aromatic heterocycles. The Morgan fingerprint density at radius 3 is 2.43 bits per heavy atom. The summed E-state index contributed by atoms with van der Waals surface area (Å²) in [5.41, 5.74) is 0.882. The molecule has 1 aromatic carbocycles. The number of nitrogens with one attached hydrogen (secondary N) is 1. The molecule has 0 spiro atoms. The first kappa shape index (κ1) is 16.1. The molecule has 0 fully saturated rings. The Labute approximate surface area is 139 Å². The Morgan fingerprint density at radius 1 is 1.19 bits per heavy atom. The third kappa shape index (κ3) is 4.12. The third-order valence-electron chi connectivity index (χ3n) is 2.55. The third-order valence-corrected chi connectivity index (χ3v) is 4.70. The van der Waals surface area contributed by atoms with Crippen molar-refractivity contribution in [3.8, 4) is 0 Å². The first-order valence-electron chi connectivity index (χ1n) is 5.70. The van der Waals surface area contributed by atoms with Crippen molar-refractivity contribution in [1.82, 2.24) is 4.98 Å². The quantitative estimate of drug-likeness (QED) is 0.805. The summed E-state index contributed by atoms with van der Waals surface area (Å²) < 4.78 is 24.1. The number of amides is 1. The topological polar surface area (TPSA) is 76.1 Å². The number of nitrogens with zero attached hydrogens (tertiary/aromatic N) is 1. The second kappa shape index (κ2) is 6.25. The van der Waals surface area contributed by atoms with Crippen LogP contribution in [0.1, 0.15) is 10.4 Å². The molecule has 0 atom stereocenters. The predicted molar refractivity (Wildman–Crippen MR) is 87.1 cm³/mol. The van der Waals surface area contributed by atoms with Gasteiger partial charge in [-0.2, -0.15) is 0 Å². The number of anilines is 1. The number of pyridine rings is 1. The fourth-order valence-electron chi connectivity index (χ4n) is 1.55. The van der Waals surface area contributed by atoms with Crippen molar-refractivity contribution in [2.45, 2.75) is 5.03 Å². The summed E-state index contributed by atoms with van der Waals surface area (Å²) in [6, 6.07) is 8.03. The number of hydrogen-bond donors (Lipinski definition) is 1. The van der Waals surface area contributed by atoms with Crippen LogP contribution in [0.2, 0.25) is 0 Å². The molecule has 0 saturated heterocycles. The smallest absolute Gasteiger partial charge is 0.256 e. The monoisotopic (exact) mass is 432 g/mol. The molecule has 0 unspecified atom stereocenters. The minimum absolute atomic E-state index is 0.0367. The van der Waals surface area contributed by atoms with Gasteiger partial charge in [0.05, 0.1) is 17.4 Å². The van der Waals surface area contributed by atoms with Crippen LogP contribution in [0.4, 0.5) is 5.69 Å². The molecule has 0 aliphatic carbocycles. The van der Waals surface area contributed by atoms with E-state index in [0.717, 1.165) is 10.7 Å². The lowest BCUT2D eigenvalue weighted by Gasteiger charge is -2.07. The number of benzene rings is 1. The lowest BCUT2D eigenvalue weighted by atomic mass is 10.2. The van der Waals surface area contributed by atoms with Gasteiger partial charge in [-0.05, 0) is 46.3 Å². The van der Waals surface area contributed by atoms with Crippen molar-refractivity contribution in [3.05, 3.63) is 51.0 Å². The zero-order valence-corrected chi connectivity index (χ0v) is 14.8. The highest BCUT2D eigenvalue weighted by molar-refractivity contribution is 9.11. The largest absolute Gasteiger partial charge is 0.321 e. The Kier molecular flexibility index (Phi) is 4.80. The van der Waals surface area contributed by atoms with Gasteiger partial charge in [0.2, 0.25) is 0 Å². The van der Waals surface area contributed by atoms with Crippen LogP contribution in [-0.4, -0.2) is 25.6 Å². The summed E-state index contributed by atoms with van der Waals surface area (Å²) in [6.45, 7) is 0. The molecular formula is C13H10Br2N2O3S. The van der Waals surface area contributed by atoms with Gasteiger partial charge in [-0.25, -0.2) is 13.4 Å². The van der Waals surface area contributed by atoms with Crippen molar-refractivity contribution in [1.29, 1.82) is 0 Å². The Bertz CT molecular complexity index is 790. The molecule has 1 N–H and O–H groups in total. The Morgan fingerprint density at radius 2 is 1.90 bits per heavy atom. The summed E-state index contributed by atoms with van der Waals surface area (Å²) >= 11 is 6.62. The van der Waals surface area contributed by atoms with Crippen LogP contribution in [0, 0.1) is 0 Å². The molecule has 110 valence electrons. The minimum atomic E-state index is -3.35. The molecule has 21 heavy (non-hydrogen) atoms. The highest BCUT2D eigenvalue weighted by Gasteiger charge is 2.12. The minimum Gasteiger partial charge on any atom is -0.321 e. The van der Waals surface area contributed by atoms with Crippen molar-refractivity contribution < 1.29 is 13.2 Å². The van der Waals surface area contributed by atoms with Crippen molar-refractivity contribution in [2.75, 3.05) is 11.6 Å². The van der Waals surface area contributed by atoms with E-state index in [9.17, 15) is 13.2 Å². The van der Waals surface area contributed by atoms with Crippen LogP contribution in [0.15, 0.2) is 50.5 Å². The van der Waals surface area contributed by atoms with E-state index in [1.54, 1.807) is 18.2 Å². The van der Waals surface area contributed by atoms with E-state index >= 15 is 0 Å².